The summed E-state index contributed by atoms with van der Waals surface area (Å²) in [6, 6.07) is 7.53. The molecule has 0 radical (unpaired) electrons. The van der Waals surface area contributed by atoms with E-state index in [4.69, 9.17) is 27.6 Å². The van der Waals surface area contributed by atoms with Crippen molar-refractivity contribution in [2.24, 2.45) is 5.10 Å². The molecule has 174 valence electrons. The molecule has 1 aromatic heterocycles. The summed E-state index contributed by atoms with van der Waals surface area (Å²) in [7, 11) is 0. The second-order valence-electron chi connectivity index (χ2n) is 7.25. The van der Waals surface area contributed by atoms with E-state index in [2.05, 4.69) is 26.5 Å². The summed E-state index contributed by atoms with van der Waals surface area (Å²) in [5, 5.41) is 11.8. The molecule has 10 nitrogen and oxygen atoms in total. The van der Waals surface area contributed by atoms with Crippen LogP contribution in [0.25, 0.3) is 0 Å². The van der Waals surface area contributed by atoms with Crippen LogP contribution in [-0.4, -0.2) is 35.9 Å². The molecular formula is C21H21Cl2N5O5. The first-order valence-electron chi connectivity index (χ1n) is 10.1. The number of hydrogen-bond donors (Lipinski definition) is 4. The summed E-state index contributed by atoms with van der Waals surface area (Å²) in [5.74, 6) is -2.79. The van der Waals surface area contributed by atoms with Crippen molar-refractivity contribution >= 4 is 58.7 Å². The lowest BCUT2D eigenvalue weighted by molar-refractivity contribution is -0.139. The van der Waals surface area contributed by atoms with Gasteiger partial charge in [-0.1, -0.05) is 36.0 Å². The van der Waals surface area contributed by atoms with Gasteiger partial charge in [0.15, 0.2) is 0 Å². The van der Waals surface area contributed by atoms with Gasteiger partial charge in [-0.3, -0.25) is 19.2 Å². The van der Waals surface area contributed by atoms with Gasteiger partial charge in [-0.25, -0.2) is 5.43 Å². The number of rotatable bonds is 6. The van der Waals surface area contributed by atoms with Crippen molar-refractivity contribution < 1.29 is 23.6 Å². The van der Waals surface area contributed by atoms with Gasteiger partial charge >= 0.3 is 23.6 Å². The van der Waals surface area contributed by atoms with Crippen LogP contribution >= 0.6 is 23.2 Å². The number of carbonyl (C=O) groups excluding carboxylic acids is 4. The first kappa shape index (κ1) is 24.3. The van der Waals surface area contributed by atoms with Gasteiger partial charge in [-0.05, 0) is 43.2 Å². The van der Waals surface area contributed by atoms with Gasteiger partial charge in [0, 0.05) is 21.8 Å². The van der Waals surface area contributed by atoms with Gasteiger partial charge in [-0.15, -0.1) is 0 Å². The minimum atomic E-state index is -0.903. The van der Waals surface area contributed by atoms with Gasteiger partial charge in [0.25, 0.3) is 0 Å². The van der Waals surface area contributed by atoms with E-state index in [0.29, 0.717) is 15.8 Å². The Kier molecular flexibility index (Phi) is 8.45. The van der Waals surface area contributed by atoms with Crippen molar-refractivity contribution in [3.05, 3.63) is 51.9 Å². The zero-order valence-electron chi connectivity index (χ0n) is 17.3. The zero-order chi connectivity index (χ0) is 23.8. The molecule has 0 saturated heterocycles. The predicted octanol–water partition coefficient (Wildman–Crippen LogP) is 2.35. The lowest BCUT2D eigenvalue weighted by atomic mass is 10.2. The Bertz CT molecular complexity index is 1060. The number of furan rings is 1. The van der Waals surface area contributed by atoms with Crippen LogP contribution in [0.5, 0.6) is 0 Å². The van der Waals surface area contributed by atoms with E-state index in [1.807, 2.05) is 0 Å². The summed E-state index contributed by atoms with van der Waals surface area (Å²) in [6.07, 6.45) is 5.01. The van der Waals surface area contributed by atoms with Crippen molar-refractivity contribution in [2.45, 2.75) is 38.3 Å². The number of amides is 4. The highest BCUT2D eigenvalue weighted by Gasteiger charge is 2.21. The Hall–Kier alpha value is -3.37. The van der Waals surface area contributed by atoms with Crippen molar-refractivity contribution in [1.82, 2.24) is 16.1 Å². The fraction of sp³-hybridized carbons (Fsp3) is 0.286. The molecule has 1 fully saturated rings. The highest BCUT2D eigenvalue weighted by molar-refractivity contribution is 6.40. The first-order valence-corrected chi connectivity index (χ1v) is 10.8. The zero-order valence-corrected chi connectivity index (χ0v) is 18.8. The fourth-order valence-electron chi connectivity index (χ4n) is 3.15. The minimum absolute atomic E-state index is 0.0282. The monoisotopic (exact) mass is 493 g/mol. The SMILES string of the molecule is O=C(NCc1ccc(/C=N/NC(=O)C(=O)NC2CCCC2)o1)C(=O)Nc1cc(Cl)cc(Cl)c1. The average Bonchev–Trinajstić information content (AvgIpc) is 3.43. The standard InChI is InChI=1S/C21H21Cl2N5O5/c22-12-7-13(23)9-15(8-12)27-19(30)18(29)24-10-16-5-6-17(33-16)11-25-28-21(32)20(31)26-14-3-1-2-4-14/h5-9,11,14H,1-4,10H2,(H,24,29)(H,26,31)(H,27,30)(H,28,32)/b25-11+. The van der Waals surface area contributed by atoms with Crippen LogP contribution in [-0.2, 0) is 25.7 Å². The molecule has 0 aliphatic heterocycles. The van der Waals surface area contributed by atoms with Crippen LogP contribution in [0.15, 0.2) is 39.9 Å². The summed E-state index contributed by atoms with van der Waals surface area (Å²) < 4.78 is 5.43. The number of benzene rings is 1. The largest absolute Gasteiger partial charge is 0.458 e. The van der Waals surface area contributed by atoms with Crippen molar-refractivity contribution in [1.29, 1.82) is 0 Å². The molecule has 2 aromatic rings. The highest BCUT2D eigenvalue weighted by atomic mass is 35.5. The van der Waals surface area contributed by atoms with E-state index in [0.717, 1.165) is 25.7 Å². The molecule has 33 heavy (non-hydrogen) atoms. The van der Waals surface area contributed by atoms with Crippen LogP contribution in [0.1, 0.15) is 37.2 Å². The Morgan fingerprint density at radius 1 is 0.970 bits per heavy atom. The second kappa shape index (κ2) is 11.5. The molecule has 0 spiro atoms. The molecule has 0 unspecified atom stereocenters. The smallest absolute Gasteiger partial charge is 0.329 e. The van der Waals surface area contributed by atoms with E-state index in [-0.39, 0.29) is 24.0 Å². The van der Waals surface area contributed by atoms with Crippen LogP contribution < -0.4 is 21.4 Å². The van der Waals surface area contributed by atoms with Gasteiger partial charge in [0.1, 0.15) is 11.5 Å². The van der Waals surface area contributed by atoms with Crippen LogP contribution in [0.3, 0.4) is 0 Å². The third-order valence-corrected chi connectivity index (χ3v) is 5.12. The molecule has 1 aromatic carbocycles. The van der Waals surface area contributed by atoms with Crippen molar-refractivity contribution in [3.63, 3.8) is 0 Å². The van der Waals surface area contributed by atoms with E-state index in [1.165, 1.54) is 24.4 Å². The van der Waals surface area contributed by atoms with Crippen LogP contribution in [0.4, 0.5) is 5.69 Å². The lowest BCUT2D eigenvalue weighted by Gasteiger charge is -2.09. The van der Waals surface area contributed by atoms with E-state index in [9.17, 15) is 19.2 Å². The van der Waals surface area contributed by atoms with E-state index < -0.39 is 23.6 Å². The molecule has 3 rings (SSSR count). The number of nitrogens with one attached hydrogen (secondary N) is 4. The Morgan fingerprint density at radius 2 is 1.67 bits per heavy atom. The third-order valence-electron chi connectivity index (χ3n) is 4.69. The molecule has 1 aliphatic carbocycles. The Labute approximate surface area is 199 Å². The topological polar surface area (TPSA) is 142 Å². The number of anilines is 1. The maximum atomic E-state index is 12.0. The van der Waals surface area contributed by atoms with Crippen LogP contribution in [0, 0.1) is 0 Å². The molecule has 0 bridgehead atoms. The molecule has 0 atom stereocenters. The Morgan fingerprint density at radius 3 is 2.36 bits per heavy atom. The number of hydrogen-bond acceptors (Lipinski definition) is 6. The van der Waals surface area contributed by atoms with Crippen LogP contribution in [0.2, 0.25) is 10.0 Å². The normalized spacial score (nSPS) is 13.6. The number of hydrazone groups is 1. The summed E-state index contributed by atoms with van der Waals surface area (Å²) in [6.45, 7) is -0.0629. The van der Waals surface area contributed by atoms with Crippen molar-refractivity contribution in [2.75, 3.05) is 5.32 Å². The molecule has 12 heteroatoms. The molecule has 1 heterocycles. The summed E-state index contributed by atoms with van der Waals surface area (Å²) >= 11 is 11.7. The second-order valence-corrected chi connectivity index (χ2v) is 8.13. The molecule has 4 amide bonds. The Balaban J connectivity index is 1.42. The molecular weight excluding hydrogens is 473 g/mol. The predicted molar refractivity (Wildman–Crippen MR) is 122 cm³/mol. The molecule has 1 aliphatic rings. The van der Waals surface area contributed by atoms with E-state index in [1.54, 1.807) is 12.1 Å². The van der Waals surface area contributed by atoms with E-state index >= 15 is 0 Å². The summed E-state index contributed by atoms with van der Waals surface area (Å²) in [5.41, 5.74) is 2.41. The quantitative estimate of drug-likeness (QED) is 0.277. The molecule has 1 saturated carbocycles. The van der Waals surface area contributed by atoms with Gasteiger partial charge in [0.05, 0.1) is 12.8 Å². The number of halogens is 2. The summed E-state index contributed by atoms with van der Waals surface area (Å²) in [4.78, 5) is 47.5. The average molecular weight is 494 g/mol. The van der Waals surface area contributed by atoms with Crippen molar-refractivity contribution in [3.8, 4) is 0 Å². The number of nitrogens with zero attached hydrogens (tertiary/aromatic N) is 1. The third kappa shape index (κ3) is 7.62. The van der Waals surface area contributed by atoms with Gasteiger partial charge in [-0.2, -0.15) is 5.10 Å². The van der Waals surface area contributed by atoms with Gasteiger partial charge in [0.2, 0.25) is 0 Å². The number of carbonyl (C=O) groups is 4. The lowest BCUT2D eigenvalue weighted by Crippen LogP contribution is -2.42. The minimum Gasteiger partial charge on any atom is -0.458 e. The fourth-order valence-corrected chi connectivity index (χ4v) is 3.67. The maximum Gasteiger partial charge on any atom is 0.329 e. The highest BCUT2D eigenvalue weighted by Crippen LogP contribution is 2.22. The van der Waals surface area contributed by atoms with Gasteiger partial charge < -0.3 is 20.4 Å². The first-order chi connectivity index (χ1) is 15.8. The molecule has 4 N–H and O–H groups in total. The maximum absolute atomic E-state index is 12.0.